The SMILES string of the molecule is C[C@@H](NC1CCC(c2ccc(CC(=O)O)cc2)C1)c1cccc2ccccc12. The van der Waals surface area contributed by atoms with Crippen molar-refractivity contribution >= 4 is 16.7 Å². The first-order chi connectivity index (χ1) is 13.6. The van der Waals surface area contributed by atoms with E-state index in [1.54, 1.807) is 0 Å². The number of hydrogen-bond acceptors (Lipinski definition) is 2. The van der Waals surface area contributed by atoms with Crippen LogP contribution in [0.2, 0.25) is 0 Å². The fourth-order valence-corrected chi connectivity index (χ4v) is 4.59. The standard InChI is InChI=1S/C25H27NO2/c1-17(23-8-4-6-20-5-2-3-7-24(20)23)26-22-14-13-21(16-22)19-11-9-18(10-12-19)15-25(27)28/h2-12,17,21-22,26H,13-16H2,1H3,(H,27,28)/t17-,21?,22?/m1/s1. The highest BCUT2D eigenvalue weighted by atomic mass is 16.4. The molecule has 0 amide bonds. The van der Waals surface area contributed by atoms with Crippen LogP contribution in [0.25, 0.3) is 10.8 Å². The van der Waals surface area contributed by atoms with Gasteiger partial charge in [0.2, 0.25) is 0 Å². The Hall–Kier alpha value is -2.65. The van der Waals surface area contributed by atoms with Gasteiger partial charge >= 0.3 is 5.97 Å². The van der Waals surface area contributed by atoms with Gasteiger partial charge in [-0.05, 0) is 59.6 Å². The first kappa shape index (κ1) is 18.7. The third kappa shape index (κ3) is 4.10. The van der Waals surface area contributed by atoms with Crippen molar-refractivity contribution in [2.45, 2.75) is 50.6 Å². The van der Waals surface area contributed by atoms with Gasteiger partial charge in [0, 0.05) is 12.1 Å². The molecule has 3 nitrogen and oxygen atoms in total. The topological polar surface area (TPSA) is 49.3 Å². The molecule has 4 rings (SSSR count). The van der Waals surface area contributed by atoms with Gasteiger partial charge in [-0.2, -0.15) is 0 Å². The van der Waals surface area contributed by atoms with Crippen LogP contribution in [0.1, 0.15) is 54.8 Å². The number of fused-ring (bicyclic) bond motifs is 1. The van der Waals surface area contributed by atoms with Crippen LogP contribution in [0.3, 0.4) is 0 Å². The Labute approximate surface area is 166 Å². The van der Waals surface area contributed by atoms with E-state index in [0.717, 1.165) is 12.0 Å². The Balaban J connectivity index is 1.41. The number of aliphatic carboxylic acids is 1. The zero-order valence-electron chi connectivity index (χ0n) is 16.3. The number of carboxylic acids is 1. The fraction of sp³-hybridized carbons (Fsp3) is 0.320. The van der Waals surface area contributed by atoms with Crippen molar-refractivity contribution in [3.63, 3.8) is 0 Å². The van der Waals surface area contributed by atoms with Gasteiger partial charge in [-0.15, -0.1) is 0 Å². The maximum absolute atomic E-state index is 10.8. The maximum Gasteiger partial charge on any atom is 0.307 e. The quantitative estimate of drug-likeness (QED) is 0.604. The lowest BCUT2D eigenvalue weighted by Crippen LogP contribution is -2.29. The van der Waals surface area contributed by atoms with Crippen molar-refractivity contribution in [1.82, 2.24) is 5.32 Å². The summed E-state index contributed by atoms with van der Waals surface area (Å²) in [4.78, 5) is 10.8. The average Bonchev–Trinajstić information content (AvgIpc) is 3.16. The molecule has 28 heavy (non-hydrogen) atoms. The summed E-state index contributed by atoms with van der Waals surface area (Å²) in [7, 11) is 0. The number of hydrogen-bond donors (Lipinski definition) is 2. The Kier molecular flexibility index (Phi) is 5.45. The second-order valence-electron chi connectivity index (χ2n) is 7.98. The third-order valence-corrected chi connectivity index (χ3v) is 6.01. The Morgan fingerprint density at radius 3 is 2.57 bits per heavy atom. The van der Waals surface area contributed by atoms with Gasteiger partial charge in [0.05, 0.1) is 6.42 Å². The number of carbonyl (C=O) groups is 1. The van der Waals surface area contributed by atoms with E-state index in [2.05, 4.69) is 66.8 Å². The monoisotopic (exact) mass is 373 g/mol. The van der Waals surface area contributed by atoms with E-state index in [4.69, 9.17) is 5.11 Å². The van der Waals surface area contributed by atoms with Gasteiger partial charge in [0.1, 0.15) is 0 Å². The van der Waals surface area contributed by atoms with Crippen LogP contribution in [0, 0.1) is 0 Å². The minimum absolute atomic E-state index is 0.0949. The smallest absolute Gasteiger partial charge is 0.307 e. The lowest BCUT2D eigenvalue weighted by atomic mass is 9.95. The average molecular weight is 373 g/mol. The maximum atomic E-state index is 10.8. The molecule has 0 aliphatic heterocycles. The predicted octanol–water partition coefficient (Wildman–Crippen LogP) is 5.45. The van der Waals surface area contributed by atoms with Crippen LogP contribution in [0.4, 0.5) is 0 Å². The minimum atomic E-state index is -0.777. The van der Waals surface area contributed by atoms with E-state index in [1.807, 2.05) is 12.1 Å². The zero-order valence-corrected chi connectivity index (χ0v) is 16.3. The lowest BCUT2D eigenvalue weighted by Gasteiger charge is -2.21. The van der Waals surface area contributed by atoms with Gasteiger partial charge in [0.25, 0.3) is 0 Å². The fourth-order valence-electron chi connectivity index (χ4n) is 4.59. The molecular formula is C25H27NO2. The van der Waals surface area contributed by atoms with Crippen LogP contribution in [0.5, 0.6) is 0 Å². The molecule has 3 heteroatoms. The van der Waals surface area contributed by atoms with E-state index in [0.29, 0.717) is 18.0 Å². The Morgan fingerprint density at radius 1 is 1.04 bits per heavy atom. The van der Waals surface area contributed by atoms with Gasteiger partial charge in [-0.25, -0.2) is 0 Å². The summed E-state index contributed by atoms with van der Waals surface area (Å²) in [6, 6.07) is 24.1. The first-order valence-corrected chi connectivity index (χ1v) is 10.1. The van der Waals surface area contributed by atoms with Gasteiger partial charge in [-0.1, -0.05) is 66.7 Å². The third-order valence-electron chi connectivity index (χ3n) is 6.01. The van der Waals surface area contributed by atoms with Crippen molar-refractivity contribution in [2.24, 2.45) is 0 Å². The van der Waals surface area contributed by atoms with Crippen molar-refractivity contribution in [3.05, 3.63) is 83.4 Å². The van der Waals surface area contributed by atoms with Crippen LogP contribution >= 0.6 is 0 Å². The normalized spacial score (nSPS) is 20.3. The molecule has 1 aliphatic rings. The molecule has 2 unspecified atom stereocenters. The Bertz CT molecular complexity index is 958. The molecule has 0 heterocycles. The first-order valence-electron chi connectivity index (χ1n) is 10.1. The van der Waals surface area contributed by atoms with Crippen LogP contribution in [-0.4, -0.2) is 17.1 Å². The van der Waals surface area contributed by atoms with E-state index in [9.17, 15) is 4.79 Å². The lowest BCUT2D eigenvalue weighted by molar-refractivity contribution is -0.136. The van der Waals surface area contributed by atoms with Gasteiger partial charge in [0.15, 0.2) is 0 Å². The Morgan fingerprint density at radius 2 is 1.79 bits per heavy atom. The summed E-state index contributed by atoms with van der Waals surface area (Å²) in [6.07, 6.45) is 3.58. The van der Waals surface area contributed by atoms with Crippen LogP contribution in [0.15, 0.2) is 66.7 Å². The minimum Gasteiger partial charge on any atom is -0.481 e. The highest BCUT2D eigenvalue weighted by molar-refractivity contribution is 5.86. The number of rotatable bonds is 6. The largest absolute Gasteiger partial charge is 0.481 e. The molecule has 0 radical (unpaired) electrons. The summed E-state index contributed by atoms with van der Waals surface area (Å²) in [5.74, 6) is -0.226. The number of benzene rings is 3. The summed E-state index contributed by atoms with van der Waals surface area (Å²) in [5.41, 5.74) is 3.56. The van der Waals surface area contributed by atoms with Crippen molar-refractivity contribution in [1.29, 1.82) is 0 Å². The number of carboxylic acid groups (broad SMARTS) is 1. The second kappa shape index (κ2) is 8.15. The van der Waals surface area contributed by atoms with Crippen molar-refractivity contribution in [2.75, 3.05) is 0 Å². The highest BCUT2D eigenvalue weighted by Gasteiger charge is 2.27. The second-order valence-corrected chi connectivity index (χ2v) is 7.98. The predicted molar refractivity (Wildman–Crippen MR) is 114 cm³/mol. The molecule has 1 aliphatic carbocycles. The van der Waals surface area contributed by atoms with E-state index >= 15 is 0 Å². The molecule has 0 saturated heterocycles. The molecule has 3 aromatic rings. The zero-order chi connectivity index (χ0) is 19.5. The number of nitrogens with one attached hydrogen (secondary N) is 1. The molecular weight excluding hydrogens is 346 g/mol. The molecule has 0 aromatic heterocycles. The molecule has 1 fully saturated rings. The van der Waals surface area contributed by atoms with E-state index < -0.39 is 5.97 Å². The van der Waals surface area contributed by atoms with E-state index in [-0.39, 0.29) is 6.42 Å². The summed E-state index contributed by atoms with van der Waals surface area (Å²) < 4.78 is 0. The molecule has 0 spiro atoms. The molecule has 1 saturated carbocycles. The van der Waals surface area contributed by atoms with Crippen molar-refractivity contribution < 1.29 is 9.90 Å². The summed E-state index contributed by atoms with van der Waals surface area (Å²) in [6.45, 7) is 2.26. The summed E-state index contributed by atoms with van der Waals surface area (Å²) >= 11 is 0. The van der Waals surface area contributed by atoms with E-state index in [1.165, 1.54) is 34.7 Å². The van der Waals surface area contributed by atoms with Crippen molar-refractivity contribution in [3.8, 4) is 0 Å². The van der Waals surface area contributed by atoms with Gasteiger partial charge < -0.3 is 10.4 Å². The molecule has 3 atom stereocenters. The molecule has 144 valence electrons. The van der Waals surface area contributed by atoms with Crippen LogP contribution in [-0.2, 0) is 11.2 Å². The molecule has 0 bridgehead atoms. The summed E-state index contributed by atoms with van der Waals surface area (Å²) in [5, 5.41) is 15.4. The van der Waals surface area contributed by atoms with Crippen LogP contribution < -0.4 is 5.32 Å². The highest BCUT2D eigenvalue weighted by Crippen LogP contribution is 2.36. The molecule has 3 aromatic carbocycles. The van der Waals surface area contributed by atoms with Gasteiger partial charge in [-0.3, -0.25) is 4.79 Å². The molecule has 2 N–H and O–H groups in total.